The molecule has 1 aromatic heterocycles. The third kappa shape index (κ3) is 5.04. The van der Waals surface area contributed by atoms with Gasteiger partial charge in [-0.3, -0.25) is 9.59 Å². The number of halogens is 1. The van der Waals surface area contributed by atoms with E-state index in [0.717, 1.165) is 38.4 Å². The van der Waals surface area contributed by atoms with E-state index in [2.05, 4.69) is 27.1 Å². The van der Waals surface area contributed by atoms with Crippen LogP contribution in [-0.2, 0) is 6.54 Å². The molecule has 0 saturated carbocycles. The van der Waals surface area contributed by atoms with Gasteiger partial charge in [-0.15, -0.1) is 0 Å². The first kappa shape index (κ1) is 23.3. The lowest BCUT2D eigenvalue weighted by Gasteiger charge is -2.36. The second kappa shape index (κ2) is 9.93. The third-order valence-electron chi connectivity index (χ3n) is 5.99. The summed E-state index contributed by atoms with van der Waals surface area (Å²) in [6.45, 7) is 11.4. The Kier molecular flexibility index (Phi) is 7.00. The summed E-state index contributed by atoms with van der Waals surface area (Å²) in [6, 6.07) is 12.7. The SMILES string of the molecule is CCN1CCN(c2ccc(Cl)cc2NC(=O)c2nn(CC(C)C)c(=O)c3ccccc23)CC1. The standard InChI is InChI=1S/C25H30ClN5O2/c1-4-29-11-13-30(14-12-29)22-10-9-18(26)15-21(22)27-24(32)23-19-7-5-6-8-20(19)25(33)31(28-23)16-17(2)3/h5-10,15,17H,4,11-14,16H2,1-3H3,(H,27,32). The zero-order chi connectivity index (χ0) is 23.5. The molecule has 2 aromatic carbocycles. The molecule has 3 aromatic rings. The number of carbonyl (C=O) groups excluding carboxylic acids is 1. The van der Waals surface area contributed by atoms with Gasteiger partial charge in [-0.25, -0.2) is 4.68 Å². The van der Waals surface area contributed by atoms with Crippen molar-refractivity contribution in [2.75, 3.05) is 42.9 Å². The lowest BCUT2D eigenvalue weighted by Crippen LogP contribution is -2.46. The van der Waals surface area contributed by atoms with Crippen LogP contribution in [0.1, 0.15) is 31.3 Å². The quantitative estimate of drug-likeness (QED) is 0.591. The van der Waals surface area contributed by atoms with Gasteiger partial charge in [0.25, 0.3) is 11.5 Å². The fourth-order valence-electron chi connectivity index (χ4n) is 4.24. The summed E-state index contributed by atoms with van der Waals surface area (Å²) < 4.78 is 1.39. The van der Waals surface area contributed by atoms with Crippen LogP contribution in [0.25, 0.3) is 10.8 Å². The summed E-state index contributed by atoms with van der Waals surface area (Å²) in [5, 5.41) is 9.06. The molecule has 4 rings (SSSR count). The van der Waals surface area contributed by atoms with Crippen LogP contribution in [0.2, 0.25) is 5.02 Å². The topological polar surface area (TPSA) is 70.5 Å². The highest BCUT2D eigenvalue weighted by Crippen LogP contribution is 2.31. The minimum absolute atomic E-state index is 0.187. The number of carbonyl (C=O) groups is 1. The number of likely N-dealkylation sites (N-methyl/N-ethyl adjacent to an activating group) is 1. The fourth-order valence-corrected chi connectivity index (χ4v) is 4.42. The predicted molar refractivity (Wildman–Crippen MR) is 135 cm³/mol. The van der Waals surface area contributed by atoms with Crippen LogP contribution < -0.4 is 15.8 Å². The molecule has 174 valence electrons. The number of nitrogens with zero attached hydrogens (tertiary/aromatic N) is 4. The van der Waals surface area contributed by atoms with Gasteiger partial charge in [0, 0.05) is 43.1 Å². The van der Waals surface area contributed by atoms with Crippen molar-refractivity contribution < 1.29 is 4.79 Å². The van der Waals surface area contributed by atoms with Crippen LogP contribution in [0.4, 0.5) is 11.4 Å². The van der Waals surface area contributed by atoms with Crippen LogP contribution in [0.15, 0.2) is 47.3 Å². The van der Waals surface area contributed by atoms with E-state index in [4.69, 9.17) is 11.6 Å². The summed E-state index contributed by atoms with van der Waals surface area (Å²) >= 11 is 6.29. The van der Waals surface area contributed by atoms with Crippen molar-refractivity contribution in [1.29, 1.82) is 0 Å². The van der Waals surface area contributed by atoms with Crippen LogP contribution in [0, 0.1) is 5.92 Å². The minimum Gasteiger partial charge on any atom is -0.367 e. The Labute approximate surface area is 198 Å². The molecule has 1 aliphatic rings. The molecule has 1 saturated heterocycles. The number of nitrogens with one attached hydrogen (secondary N) is 1. The minimum atomic E-state index is -0.362. The maximum absolute atomic E-state index is 13.5. The number of benzene rings is 2. The van der Waals surface area contributed by atoms with Crippen LogP contribution in [0.3, 0.4) is 0 Å². The molecule has 1 aliphatic heterocycles. The number of piperazine rings is 1. The van der Waals surface area contributed by atoms with Crippen LogP contribution in [0.5, 0.6) is 0 Å². The van der Waals surface area contributed by atoms with E-state index < -0.39 is 0 Å². The number of fused-ring (bicyclic) bond motifs is 1. The number of hydrogen-bond acceptors (Lipinski definition) is 5. The number of amides is 1. The zero-order valence-electron chi connectivity index (χ0n) is 19.3. The highest BCUT2D eigenvalue weighted by atomic mass is 35.5. The molecule has 1 fully saturated rings. The summed E-state index contributed by atoms with van der Waals surface area (Å²) in [7, 11) is 0. The van der Waals surface area contributed by atoms with Crippen LogP contribution >= 0.6 is 11.6 Å². The molecule has 0 atom stereocenters. The maximum Gasteiger partial charge on any atom is 0.276 e. The summed E-state index contributed by atoms with van der Waals surface area (Å²) in [5.74, 6) is -0.145. The number of rotatable bonds is 6. The number of hydrogen-bond donors (Lipinski definition) is 1. The molecule has 0 spiro atoms. The van der Waals surface area contributed by atoms with Gasteiger partial charge < -0.3 is 15.1 Å². The van der Waals surface area contributed by atoms with Crippen molar-refractivity contribution in [3.8, 4) is 0 Å². The molecular formula is C25H30ClN5O2. The van der Waals surface area contributed by atoms with Gasteiger partial charge in [-0.1, -0.05) is 50.6 Å². The Morgan fingerprint density at radius 1 is 1.09 bits per heavy atom. The van der Waals surface area contributed by atoms with E-state index in [1.807, 2.05) is 32.0 Å². The Hall–Kier alpha value is -2.90. The average Bonchev–Trinajstić information content (AvgIpc) is 2.81. The van der Waals surface area contributed by atoms with Gasteiger partial charge in [0.2, 0.25) is 0 Å². The molecule has 7 nitrogen and oxygen atoms in total. The van der Waals surface area contributed by atoms with E-state index in [-0.39, 0.29) is 23.1 Å². The van der Waals surface area contributed by atoms with Gasteiger partial charge in [-0.05, 0) is 36.7 Å². The first-order valence-corrected chi connectivity index (χ1v) is 11.8. The Bertz CT molecular complexity index is 1220. The van der Waals surface area contributed by atoms with Crippen LogP contribution in [-0.4, -0.2) is 53.3 Å². The van der Waals surface area contributed by atoms with E-state index >= 15 is 0 Å². The summed E-state index contributed by atoms with van der Waals surface area (Å²) in [5.41, 5.74) is 1.62. The molecule has 33 heavy (non-hydrogen) atoms. The normalized spacial score (nSPS) is 14.8. The van der Waals surface area contributed by atoms with Gasteiger partial charge in [0.15, 0.2) is 5.69 Å². The number of anilines is 2. The predicted octanol–water partition coefficient (Wildman–Crippen LogP) is 4.10. The highest BCUT2D eigenvalue weighted by Gasteiger charge is 2.22. The van der Waals surface area contributed by atoms with Crippen molar-refractivity contribution in [2.45, 2.75) is 27.3 Å². The second-order valence-electron chi connectivity index (χ2n) is 8.81. The average molecular weight is 468 g/mol. The summed E-state index contributed by atoms with van der Waals surface area (Å²) in [6.07, 6.45) is 0. The highest BCUT2D eigenvalue weighted by molar-refractivity contribution is 6.31. The Morgan fingerprint density at radius 2 is 1.79 bits per heavy atom. The van der Waals surface area contributed by atoms with Crippen molar-refractivity contribution in [3.63, 3.8) is 0 Å². The molecule has 0 aliphatic carbocycles. The van der Waals surface area contributed by atoms with Crippen molar-refractivity contribution in [1.82, 2.24) is 14.7 Å². The van der Waals surface area contributed by atoms with Gasteiger partial charge in [-0.2, -0.15) is 5.10 Å². The van der Waals surface area contributed by atoms with Gasteiger partial charge in [0.05, 0.1) is 16.8 Å². The van der Waals surface area contributed by atoms with Gasteiger partial charge in [0.1, 0.15) is 0 Å². The Balaban J connectivity index is 1.70. The van der Waals surface area contributed by atoms with Gasteiger partial charge >= 0.3 is 0 Å². The first-order chi connectivity index (χ1) is 15.9. The molecule has 0 unspecified atom stereocenters. The lowest BCUT2D eigenvalue weighted by molar-refractivity contribution is 0.102. The van der Waals surface area contributed by atoms with Crippen molar-refractivity contribution in [2.24, 2.45) is 5.92 Å². The lowest BCUT2D eigenvalue weighted by atomic mass is 10.1. The maximum atomic E-state index is 13.5. The molecule has 2 heterocycles. The first-order valence-electron chi connectivity index (χ1n) is 11.5. The fraction of sp³-hybridized carbons (Fsp3) is 0.400. The van der Waals surface area contributed by atoms with E-state index in [0.29, 0.717) is 28.0 Å². The third-order valence-corrected chi connectivity index (χ3v) is 6.22. The van der Waals surface area contributed by atoms with E-state index in [9.17, 15) is 9.59 Å². The van der Waals surface area contributed by atoms with Crippen molar-refractivity contribution >= 4 is 39.7 Å². The zero-order valence-corrected chi connectivity index (χ0v) is 20.1. The van der Waals surface area contributed by atoms with E-state index in [1.165, 1.54) is 4.68 Å². The van der Waals surface area contributed by atoms with Crippen molar-refractivity contribution in [3.05, 3.63) is 63.5 Å². The smallest absolute Gasteiger partial charge is 0.276 e. The molecule has 8 heteroatoms. The summed E-state index contributed by atoms with van der Waals surface area (Å²) in [4.78, 5) is 31.0. The van der Waals surface area contributed by atoms with E-state index in [1.54, 1.807) is 24.3 Å². The molecule has 0 bridgehead atoms. The number of aromatic nitrogens is 2. The Morgan fingerprint density at radius 3 is 2.45 bits per heavy atom. The molecule has 0 radical (unpaired) electrons. The molecular weight excluding hydrogens is 438 g/mol. The monoisotopic (exact) mass is 467 g/mol. The largest absolute Gasteiger partial charge is 0.367 e. The molecule has 1 amide bonds. The second-order valence-corrected chi connectivity index (χ2v) is 9.25. The molecule has 1 N–H and O–H groups in total.